The minimum atomic E-state index is -0.179. The molecule has 1 aliphatic carbocycles. The van der Waals surface area contributed by atoms with Gasteiger partial charge in [0, 0.05) is 12.7 Å². The third kappa shape index (κ3) is 2.59. The highest BCUT2D eigenvalue weighted by atomic mass is 16.2. The number of rotatable bonds is 3. The first-order valence-corrected chi connectivity index (χ1v) is 6.48. The van der Waals surface area contributed by atoms with E-state index >= 15 is 0 Å². The van der Waals surface area contributed by atoms with Gasteiger partial charge in [0.15, 0.2) is 0 Å². The van der Waals surface area contributed by atoms with Crippen molar-refractivity contribution in [2.24, 2.45) is 0 Å². The lowest BCUT2D eigenvalue weighted by Gasteiger charge is -2.09. The van der Waals surface area contributed by atoms with Crippen LogP contribution in [-0.4, -0.2) is 22.2 Å². The van der Waals surface area contributed by atoms with Gasteiger partial charge in [-0.3, -0.25) is 0 Å². The second-order valence-corrected chi connectivity index (χ2v) is 4.65. The van der Waals surface area contributed by atoms with Crippen molar-refractivity contribution in [3.8, 4) is 0 Å². The predicted molar refractivity (Wildman–Crippen MR) is 74.1 cm³/mol. The molecule has 2 aromatic heterocycles. The third-order valence-corrected chi connectivity index (χ3v) is 3.30. The maximum Gasteiger partial charge on any atom is 0.319 e. The van der Waals surface area contributed by atoms with Crippen LogP contribution in [0, 0.1) is 0 Å². The Kier molecular flexibility index (Phi) is 3.18. The average Bonchev–Trinajstić information content (AvgIpc) is 3.08. The molecule has 5 heteroatoms. The molecule has 2 amide bonds. The maximum atomic E-state index is 11.9. The van der Waals surface area contributed by atoms with Crippen molar-refractivity contribution >= 4 is 17.2 Å². The van der Waals surface area contributed by atoms with Gasteiger partial charge in [0.05, 0.1) is 17.4 Å². The van der Waals surface area contributed by atoms with Gasteiger partial charge in [0.1, 0.15) is 0 Å². The number of carbonyl (C=O) groups excluding carboxylic acids is 1. The van der Waals surface area contributed by atoms with E-state index in [2.05, 4.69) is 21.8 Å². The van der Waals surface area contributed by atoms with E-state index in [0.717, 1.165) is 24.0 Å². The SMILES string of the molecule is O=C(NCC1=CCCC1)Nc1cccn2nccc12. The lowest BCUT2D eigenvalue weighted by molar-refractivity contribution is 0.253. The molecule has 98 valence electrons. The van der Waals surface area contributed by atoms with E-state index in [1.165, 1.54) is 12.0 Å². The summed E-state index contributed by atoms with van der Waals surface area (Å²) in [6.07, 6.45) is 9.20. The van der Waals surface area contributed by atoms with Crippen molar-refractivity contribution in [1.29, 1.82) is 0 Å². The van der Waals surface area contributed by atoms with Crippen LogP contribution >= 0.6 is 0 Å². The molecule has 0 aliphatic heterocycles. The minimum absolute atomic E-state index is 0.179. The standard InChI is InChI=1S/C14H16N4O/c19-14(15-10-11-4-1-2-5-11)17-12-6-3-9-18-13(12)7-8-16-18/h3-4,6-9H,1-2,5,10H2,(H2,15,17,19). The summed E-state index contributed by atoms with van der Waals surface area (Å²) >= 11 is 0. The van der Waals surface area contributed by atoms with Crippen molar-refractivity contribution < 1.29 is 4.79 Å². The molecule has 1 aliphatic rings. The second-order valence-electron chi connectivity index (χ2n) is 4.65. The fourth-order valence-electron chi connectivity index (χ4n) is 2.32. The van der Waals surface area contributed by atoms with Crippen LogP contribution in [0.2, 0.25) is 0 Å². The molecule has 0 bridgehead atoms. The molecule has 0 radical (unpaired) electrons. The Balaban J connectivity index is 1.64. The van der Waals surface area contributed by atoms with Crippen LogP contribution in [0.1, 0.15) is 19.3 Å². The molecule has 0 saturated carbocycles. The zero-order chi connectivity index (χ0) is 13.1. The highest BCUT2D eigenvalue weighted by Gasteiger charge is 2.08. The number of nitrogens with one attached hydrogen (secondary N) is 2. The predicted octanol–water partition coefficient (Wildman–Crippen LogP) is 2.57. The zero-order valence-electron chi connectivity index (χ0n) is 10.6. The molecule has 0 aromatic carbocycles. The van der Waals surface area contributed by atoms with Crippen LogP contribution in [0.4, 0.5) is 10.5 Å². The monoisotopic (exact) mass is 256 g/mol. The minimum Gasteiger partial charge on any atom is -0.334 e. The van der Waals surface area contributed by atoms with Gasteiger partial charge >= 0.3 is 6.03 Å². The molecule has 0 fully saturated rings. The fourth-order valence-corrected chi connectivity index (χ4v) is 2.32. The Morgan fingerprint density at radius 1 is 1.42 bits per heavy atom. The van der Waals surface area contributed by atoms with E-state index in [1.807, 2.05) is 24.4 Å². The Labute approximate surface area is 111 Å². The number of nitrogens with zero attached hydrogens (tertiary/aromatic N) is 2. The van der Waals surface area contributed by atoms with E-state index in [1.54, 1.807) is 10.7 Å². The molecule has 0 saturated heterocycles. The first-order valence-electron chi connectivity index (χ1n) is 6.48. The molecule has 0 atom stereocenters. The average molecular weight is 256 g/mol. The van der Waals surface area contributed by atoms with E-state index in [9.17, 15) is 4.79 Å². The van der Waals surface area contributed by atoms with Crippen LogP contribution in [0.3, 0.4) is 0 Å². The number of aromatic nitrogens is 2. The van der Waals surface area contributed by atoms with Crippen LogP contribution in [0.15, 0.2) is 42.2 Å². The summed E-state index contributed by atoms with van der Waals surface area (Å²) in [6.45, 7) is 0.633. The van der Waals surface area contributed by atoms with Crippen LogP contribution < -0.4 is 10.6 Å². The normalized spacial score (nSPS) is 14.4. The molecule has 19 heavy (non-hydrogen) atoms. The number of pyridine rings is 1. The smallest absolute Gasteiger partial charge is 0.319 e. The van der Waals surface area contributed by atoms with Crippen molar-refractivity contribution in [1.82, 2.24) is 14.9 Å². The fraction of sp³-hybridized carbons (Fsp3) is 0.286. The highest BCUT2D eigenvalue weighted by molar-refractivity contribution is 5.93. The number of anilines is 1. The van der Waals surface area contributed by atoms with E-state index in [0.29, 0.717) is 6.54 Å². The second kappa shape index (κ2) is 5.14. The topological polar surface area (TPSA) is 58.4 Å². The molecule has 2 aromatic rings. The Morgan fingerprint density at radius 3 is 3.21 bits per heavy atom. The van der Waals surface area contributed by atoms with Gasteiger partial charge in [-0.1, -0.05) is 11.6 Å². The van der Waals surface area contributed by atoms with Gasteiger partial charge in [0.25, 0.3) is 0 Å². The number of amides is 2. The molecule has 2 N–H and O–H groups in total. The van der Waals surface area contributed by atoms with Gasteiger partial charge in [-0.15, -0.1) is 0 Å². The highest BCUT2D eigenvalue weighted by Crippen LogP contribution is 2.17. The van der Waals surface area contributed by atoms with E-state index < -0.39 is 0 Å². The van der Waals surface area contributed by atoms with Crippen molar-refractivity contribution in [3.05, 3.63) is 42.2 Å². The van der Waals surface area contributed by atoms with Crippen molar-refractivity contribution in [2.75, 3.05) is 11.9 Å². The summed E-state index contributed by atoms with van der Waals surface area (Å²) < 4.78 is 1.73. The summed E-state index contributed by atoms with van der Waals surface area (Å²) in [4.78, 5) is 11.9. The first-order chi connectivity index (χ1) is 9.33. The van der Waals surface area contributed by atoms with E-state index in [-0.39, 0.29) is 6.03 Å². The summed E-state index contributed by atoms with van der Waals surface area (Å²) in [5.74, 6) is 0. The van der Waals surface area contributed by atoms with Gasteiger partial charge in [-0.2, -0.15) is 5.10 Å². The molecule has 3 rings (SSSR count). The Bertz CT molecular complexity index is 629. The van der Waals surface area contributed by atoms with Crippen molar-refractivity contribution in [2.45, 2.75) is 19.3 Å². The van der Waals surface area contributed by atoms with Gasteiger partial charge in [-0.25, -0.2) is 9.31 Å². The zero-order valence-corrected chi connectivity index (χ0v) is 10.6. The Hall–Kier alpha value is -2.30. The number of allylic oxidation sites excluding steroid dienone is 1. The summed E-state index contributed by atoms with van der Waals surface area (Å²) in [5.41, 5.74) is 2.97. The number of hydrogen-bond acceptors (Lipinski definition) is 2. The van der Waals surface area contributed by atoms with Gasteiger partial charge < -0.3 is 10.6 Å². The maximum absolute atomic E-state index is 11.9. The summed E-state index contributed by atoms with van der Waals surface area (Å²) in [6, 6.07) is 5.41. The number of urea groups is 1. The molecule has 0 spiro atoms. The van der Waals surface area contributed by atoms with Crippen LogP contribution in [0.5, 0.6) is 0 Å². The molecule has 5 nitrogen and oxygen atoms in total. The molecular formula is C14H16N4O. The van der Waals surface area contributed by atoms with Crippen molar-refractivity contribution in [3.63, 3.8) is 0 Å². The number of fused-ring (bicyclic) bond motifs is 1. The summed E-state index contributed by atoms with van der Waals surface area (Å²) in [7, 11) is 0. The lowest BCUT2D eigenvalue weighted by atomic mass is 10.2. The van der Waals surface area contributed by atoms with Crippen LogP contribution in [0.25, 0.3) is 5.52 Å². The van der Waals surface area contributed by atoms with Crippen LogP contribution in [-0.2, 0) is 0 Å². The molecule has 0 unspecified atom stereocenters. The summed E-state index contributed by atoms with van der Waals surface area (Å²) in [5, 5.41) is 9.87. The Morgan fingerprint density at radius 2 is 2.37 bits per heavy atom. The number of carbonyl (C=O) groups is 1. The first kappa shape index (κ1) is 11.8. The van der Waals surface area contributed by atoms with Gasteiger partial charge in [-0.05, 0) is 37.5 Å². The third-order valence-electron chi connectivity index (χ3n) is 3.30. The van der Waals surface area contributed by atoms with Gasteiger partial charge in [0.2, 0.25) is 0 Å². The molecular weight excluding hydrogens is 240 g/mol. The number of hydrogen-bond donors (Lipinski definition) is 2. The quantitative estimate of drug-likeness (QED) is 0.829. The largest absolute Gasteiger partial charge is 0.334 e. The molecule has 2 heterocycles. The van der Waals surface area contributed by atoms with E-state index in [4.69, 9.17) is 0 Å². The lowest BCUT2D eigenvalue weighted by Crippen LogP contribution is -2.30.